The summed E-state index contributed by atoms with van der Waals surface area (Å²) in [5.74, 6) is 0.566. The molecule has 0 spiro atoms. The second-order valence-electron chi connectivity index (χ2n) is 7.95. The standard InChI is InChI=1S/C22H27ClN4O/c23-18-8-4-7-17(11-18)13-27-10-9-19-20(14-27)25-15-26-21(19)22(28)24-12-16-5-2-1-3-6-16/h4,7-8,11,15-16H,1-3,5-6,9-10,12-14H2,(H,24,28). The predicted molar refractivity (Wildman–Crippen MR) is 110 cm³/mol. The average molecular weight is 399 g/mol. The monoisotopic (exact) mass is 398 g/mol. The molecular weight excluding hydrogens is 372 g/mol. The molecule has 2 aliphatic rings. The van der Waals surface area contributed by atoms with Crippen molar-refractivity contribution in [2.75, 3.05) is 13.1 Å². The highest BCUT2D eigenvalue weighted by Crippen LogP contribution is 2.24. The van der Waals surface area contributed by atoms with Crippen LogP contribution in [0.3, 0.4) is 0 Å². The molecule has 1 N–H and O–H groups in total. The Morgan fingerprint density at radius 1 is 1.21 bits per heavy atom. The zero-order valence-corrected chi connectivity index (χ0v) is 16.9. The largest absolute Gasteiger partial charge is 0.350 e. The minimum atomic E-state index is -0.0486. The van der Waals surface area contributed by atoms with Crippen molar-refractivity contribution < 1.29 is 4.79 Å². The van der Waals surface area contributed by atoms with Crippen molar-refractivity contribution in [1.29, 1.82) is 0 Å². The van der Waals surface area contributed by atoms with Crippen LogP contribution in [0, 0.1) is 5.92 Å². The van der Waals surface area contributed by atoms with Crippen LogP contribution in [0.2, 0.25) is 5.02 Å². The van der Waals surface area contributed by atoms with Gasteiger partial charge in [0.25, 0.3) is 5.91 Å². The lowest BCUT2D eigenvalue weighted by molar-refractivity contribution is 0.0935. The molecule has 0 radical (unpaired) electrons. The fourth-order valence-electron chi connectivity index (χ4n) is 4.34. The van der Waals surface area contributed by atoms with E-state index in [1.807, 2.05) is 18.2 Å². The molecule has 0 unspecified atom stereocenters. The summed E-state index contributed by atoms with van der Waals surface area (Å²) in [5.41, 5.74) is 3.72. The molecule has 1 amide bonds. The molecular formula is C22H27ClN4O. The second-order valence-corrected chi connectivity index (χ2v) is 8.39. The summed E-state index contributed by atoms with van der Waals surface area (Å²) in [7, 11) is 0. The van der Waals surface area contributed by atoms with Gasteiger partial charge in [-0.2, -0.15) is 0 Å². The number of carbonyl (C=O) groups excluding carboxylic acids is 1. The molecule has 5 nitrogen and oxygen atoms in total. The minimum absolute atomic E-state index is 0.0486. The summed E-state index contributed by atoms with van der Waals surface area (Å²) in [6.45, 7) is 3.20. The fraction of sp³-hybridized carbons (Fsp3) is 0.500. The molecule has 2 heterocycles. The molecule has 1 aromatic carbocycles. The van der Waals surface area contributed by atoms with Gasteiger partial charge in [0.15, 0.2) is 0 Å². The van der Waals surface area contributed by atoms with Gasteiger partial charge in [0, 0.05) is 36.8 Å². The van der Waals surface area contributed by atoms with E-state index >= 15 is 0 Å². The molecule has 1 saturated carbocycles. The van der Waals surface area contributed by atoms with Crippen LogP contribution in [-0.4, -0.2) is 33.9 Å². The van der Waals surface area contributed by atoms with E-state index in [9.17, 15) is 4.79 Å². The molecule has 2 aromatic rings. The first kappa shape index (κ1) is 19.3. The number of halogens is 1. The predicted octanol–water partition coefficient (Wildman–Crippen LogP) is 4.00. The maximum absolute atomic E-state index is 12.7. The van der Waals surface area contributed by atoms with Gasteiger partial charge in [0.2, 0.25) is 0 Å². The van der Waals surface area contributed by atoms with E-state index in [-0.39, 0.29) is 5.91 Å². The second kappa shape index (κ2) is 9.01. The molecule has 1 aromatic heterocycles. The molecule has 6 heteroatoms. The molecule has 148 valence electrons. The highest BCUT2D eigenvalue weighted by Gasteiger charge is 2.24. The summed E-state index contributed by atoms with van der Waals surface area (Å²) in [5, 5.41) is 3.88. The summed E-state index contributed by atoms with van der Waals surface area (Å²) in [4.78, 5) is 23.9. The first-order valence-corrected chi connectivity index (χ1v) is 10.6. The Kier molecular flexibility index (Phi) is 6.23. The summed E-state index contributed by atoms with van der Waals surface area (Å²) in [6, 6.07) is 7.96. The molecule has 28 heavy (non-hydrogen) atoms. The lowest BCUT2D eigenvalue weighted by Crippen LogP contribution is -2.35. The van der Waals surface area contributed by atoms with Gasteiger partial charge in [0.1, 0.15) is 12.0 Å². The van der Waals surface area contributed by atoms with Crippen LogP contribution < -0.4 is 5.32 Å². The van der Waals surface area contributed by atoms with Gasteiger partial charge < -0.3 is 5.32 Å². The lowest BCUT2D eigenvalue weighted by atomic mass is 9.89. The summed E-state index contributed by atoms with van der Waals surface area (Å²) < 4.78 is 0. The quantitative estimate of drug-likeness (QED) is 0.827. The van der Waals surface area contributed by atoms with Crippen molar-refractivity contribution >= 4 is 17.5 Å². The van der Waals surface area contributed by atoms with E-state index in [1.54, 1.807) is 0 Å². The number of aromatic nitrogens is 2. The number of carbonyl (C=O) groups is 1. The Balaban J connectivity index is 1.40. The number of hydrogen-bond donors (Lipinski definition) is 1. The SMILES string of the molecule is O=C(NCC1CCCCC1)c1ncnc2c1CCN(Cc1cccc(Cl)c1)C2. The van der Waals surface area contributed by atoms with E-state index in [0.717, 1.165) is 48.9 Å². The third-order valence-corrected chi connectivity index (χ3v) is 6.11. The molecule has 0 atom stereocenters. The van der Waals surface area contributed by atoms with E-state index in [2.05, 4.69) is 26.3 Å². The van der Waals surface area contributed by atoms with Crippen LogP contribution in [0.15, 0.2) is 30.6 Å². The molecule has 1 fully saturated rings. The number of rotatable bonds is 5. The van der Waals surface area contributed by atoms with Crippen molar-refractivity contribution in [2.45, 2.75) is 51.6 Å². The summed E-state index contributed by atoms with van der Waals surface area (Å²) in [6.07, 6.45) is 8.66. The van der Waals surface area contributed by atoms with Gasteiger partial charge in [-0.05, 0) is 42.9 Å². The zero-order valence-electron chi connectivity index (χ0n) is 16.2. The highest BCUT2D eigenvalue weighted by atomic mass is 35.5. The van der Waals surface area contributed by atoms with Gasteiger partial charge in [-0.25, -0.2) is 9.97 Å². The molecule has 4 rings (SSSR count). The van der Waals surface area contributed by atoms with Crippen LogP contribution >= 0.6 is 11.6 Å². The third-order valence-electron chi connectivity index (χ3n) is 5.87. The van der Waals surface area contributed by atoms with Crippen LogP contribution in [-0.2, 0) is 19.5 Å². The van der Waals surface area contributed by atoms with E-state index in [0.29, 0.717) is 11.6 Å². The fourth-order valence-corrected chi connectivity index (χ4v) is 4.56. The van der Waals surface area contributed by atoms with Gasteiger partial charge in [-0.1, -0.05) is 43.0 Å². The average Bonchev–Trinajstić information content (AvgIpc) is 2.72. The number of benzene rings is 1. The molecule has 0 bridgehead atoms. The Hall–Kier alpha value is -1.98. The molecule has 1 aliphatic heterocycles. The van der Waals surface area contributed by atoms with Gasteiger partial charge >= 0.3 is 0 Å². The maximum atomic E-state index is 12.7. The van der Waals surface area contributed by atoms with Gasteiger partial charge in [-0.3, -0.25) is 9.69 Å². The van der Waals surface area contributed by atoms with Crippen molar-refractivity contribution in [3.8, 4) is 0 Å². The van der Waals surface area contributed by atoms with Crippen molar-refractivity contribution in [1.82, 2.24) is 20.2 Å². The van der Waals surface area contributed by atoms with Gasteiger partial charge in [-0.15, -0.1) is 0 Å². The Morgan fingerprint density at radius 3 is 2.89 bits per heavy atom. The minimum Gasteiger partial charge on any atom is -0.350 e. The smallest absolute Gasteiger partial charge is 0.270 e. The first-order valence-electron chi connectivity index (χ1n) is 10.3. The van der Waals surface area contributed by atoms with Crippen LogP contribution in [0.4, 0.5) is 0 Å². The molecule has 0 saturated heterocycles. The van der Waals surface area contributed by atoms with E-state index in [4.69, 9.17) is 11.6 Å². The molecule has 1 aliphatic carbocycles. The normalized spacial score (nSPS) is 17.9. The Bertz CT molecular complexity index is 835. The number of amides is 1. The number of nitrogens with zero attached hydrogens (tertiary/aromatic N) is 3. The summed E-state index contributed by atoms with van der Waals surface area (Å²) >= 11 is 6.10. The van der Waals surface area contributed by atoms with Crippen LogP contribution in [0.25, 0.3) is 0 Å². The van der Waals surface area contributed by atoms with Crippen molar-refractivity contribution in [2.24, 2.45) is 5.92 Å². The number of fused-ring (bicyclic) bond motifs is 1. The number of nitrogens with one attached hydrogen (secondary N) is 1. The zero-order chi connectivity index (χ0) is 19.3. The Morgan fingerprint density at radius 2 is 2.07 bits per heavy atom. The van der Waals surface area contributed by atoms with Gasteiger partial charge in [0.05, 0.1) is 5.69 Å². The maximum Gasteiger partial charge on any atom is 0.270 e. The van der Waals surface area contributed by atoms with E-state index in [1.165, 1.54) is 44.0 Å². The third kappa shape index (κ3) is 4.70. The van der Waals surface area contributed by atoms with E-state index < -0.39 is 0 Å². The van der Waals surface area contributed by atoms with Crippen LogP contribution in [0.1, 0.15) is 59.4 Å². The highest BCUT2D eigenvalue weighted by molar-refractivity contribution is 6.30. The lowest BCUT2D eigenvalue weighted by Gasteiger charge is -2.29. The van der Waals surface area contributed by atoms with Crippen molar-refractivity contribution in [3.63, 3.8) is 0 Å². The topological polar surface area (TPSA) is 58.1 Å². The number of hydrogen-bond acceptors (Lipinski definition) is 4. The van der Waals surface area contributed by atoms with Crippen LogP contribution in [0.5, 0.6) is 0 Å². The first-order chi connectivity index (χ1) is 13.7. The Labute approximate surface area is 171 Å². The van der Waals surface area contributed by atoms with Crippen molar-refractivity contribution in [3.05, 3.63) is 58.1 Å².